The zero-order valence-electron chi connectivity index (χ0n) is 23.5. The van der Waals surface area contributed by atoms with Crippen molar-refractivity contribution in [3.8, 4) is 0 Å². The van der Waals surface area contributed by atoms with Crippen LogP contribution in [0, 0.1) is 0 Å². The molecule has 5 aromatic carbocycles. The smallest absolute Gasteiger partial charge is 0.272 e. The standard InChI is InChI=1S/C36H27N3O3S2/c40-34(39-30-15-7-9-17-32(30)44-33-18-10-8-16-31(33)39)24-43-28-21-19-27(20-22-28)37-36(42)29(23-25-11-3-1-4-12-25)38-35(41)26-13-5-2-6-14-26/h1-23H,24H2,(H,37,42)(H,38,41)/b29-23-. The zero-order chi connectivity index (χ0) is 30.3. The molecule has 0 unspecified atom stereocenters. The van der Waals surface area contributed by atoms with Crippen LogP contribution in [0.2, 0.25) is 0 Å². The third kappa shape index (κ3) is 6.78. The summed E-state index contributed by atoms with van der Waals surface area (Å²) in [5.74, 6) is -0.600. The maximum atomic E-state index is 13.5. The van der Waals surface area contributed by atoms with Crippen LogP contribution in [0.5, 0.6) is 0 Å². The maximum Gasteiger partial charge on any atom is 0.272 e. The first kappa shape index (κ1) is 29.0. The highest BCUT2D eigenvalue weighted by Crippen LogP contribution is 2.48. The molecule has 0 fully saturated rings. The lowest BCUT2D eigenvalue weighted by Gasteiger charge is -2.31. The van der Waals surface area contributed by atoms with E-state index in [0.717, 1.165) is 31.6 Å². The Balaban J connectivity index is 1.13. The van der Waals surface area contributed by atoms with Crippen molar-refractivity contribution in [2.75, 3.05) is 16.0 Å². The second-order valence-corrected chi connectivity index (χ2v) is 12.0. The van der Waals surface area contributed by atoms with Gasteiger partial charge in [-0.05, 0) is 72.3 Å². The van der Waals surface area contributed by atoms with Gasteiger partial charge in [0.05, 0.1) is 17.1 Å². The predicted octanol–water partition coefficient (Wildman–Crippen LogP) is 8.02. The minimum Gasteiger partial charge on any atom is -0.321 e. The molecule has 3 amide bonds. The molecule has 8 heteroatoms. The zero-order valence-corrected chi connectivity index (χ0v) is 25.1. The number of fused-ring (bicyclic) bond motifs is 2. The van der Waals surface area contributed by atoms with E-state index in [1.54, 1.807) is 59.1 Å². The summed E-state index contributed by atoms with van der Waals surface area (Å²) in [5, 5.41) is 5.63. The first-order chi connectivity index (χ1) is 21.5. The largest absolute Gasteiger partial charge is 0.321 e. The number of carbonyl (C=O) groups excluding carboxylic acids is 3. The number of para-hydroxylation sites is 2. The van der Waals surface area contributed by atoms with E-state index in [4.69, 9.17) is 0 Å². The molecule has 0 saturated carbocycles. The Morgan fingerprint density at radius 1 is 0.682 bits per heavy atom. The van der Waals surface area contributed by atoms with Crippen LogP contribution in [0.3, 0.4) is 0 Å². The van der Waals surface area contributed by atoms with Crippen LogP contribution in [0.4, 0.5) is 17.1 Å². The predicted molar refractivity (Wildman–Crippen MR) is 178 cm³/mol. The van der Waals surface area contributed by atoms with Crippen LogP contribution >= 0.6 is 23.5 Å². The van der Waals surface area contributed by atoms with Crippen molar-refractivity contribution in [1.29, 1.82) is 0 Å². The molecule has 1 aliphatic heterocycles. The van der Waals surface area contributed by atoms with Crippen LogP contribution in [-0.4, -0.2) is 23.5 Å². The van der Waals surface area contributed by atoms with Gasteiger partial charge in [-0.15, -0.1) is 11.8 Å². The van der Waals surface area contributed by atoms with Gasteiger partial charge in [-0.1, -0.05) is 84.6 Å². The van der Waals surface area contributed by atoms with Crippen molar-refractivity contribution in [2.45, 2.75) is 14.7 Å². The summed E-state index contributed by atoms with van der Waals surface area (Å²) in [4.78, 5) is 44.5. The van der Waals surface area contributed by atoms with Gasteiger partial charge in [-0.2, -0.15) is 0 Å². The summed E-state index contributed by atoms with van der Waals surface area (Å²) in [6.45, 7) is 0. The lowest BCUT2D eigenvalue weighted by molar-refractivity contribution is -0.115. The molecule has 6 nitrogen and oxygen atoms in total. The molecule has 0 spiro atoms. The lowest BCUT2D eigenvalue weighted by atomic mass is 10.1. The third-order valence-electron chi connectivity index (χ3n) is 6.80. The van der Waals surface area contributed by atoms with Crippen molar-refractivity contribution in [1.82, 2.24) is 5.32 Å². The van der Waals surface area contributed by atoms with E-state index >= 15 is 0 Å². The van der Waals surface area contributed by atoms with Gasteiger partial charge in [0, 0.05) is 25.9 Å². The number of rotatable bonds is 8. The third-order valence-corrected chi connectivity index (χ3v) is 8.92. The fraction of sp³-hybridized carbons (Fsp3) is 0.0278. The van der Waals surface area contributed by atoms with Crippen LogP contribution < -0.4 is 15.5 Å². The molecule has 216 valence electrons. The molecule has 0 atom stereocenters. The first-order valence-electron chi connectivity index (χ1n) is 13.9. The number of anilines is 3. The van der Waals surface area contributed by atoms with Gasteiger partial charge in [-0.25, -0.2) is 0 Å². The van der Waals surface area contributed by atoms with Crippen LogP contribution in [0.1, 0.15) is 15.9 Å². The second-order valence-electron chi connectivity index (χ2n) is 9.82. The van der Waals surface area contributed by atoms with Crippen molar-refractivity contribution in [3.05, 3.63) is 150 Å². The van der Waals surface area contributed by atoms with E-state index in [1.807, 2.05) is 97.1 Å². The average Bonchev–Trinajstić information content (AvgIpc) is 3.07. The molecule has 0 bridgehead atoms. The lowest BCUT2D eigenvalue weighted by Crippen LogP contribution is -2.30. The molecule has 1 heterocycles. The molecule has 6 rings (SSSR count). The minimum atomic E-state index is -0.450. The minimum absolute atomic E-state index is 0.0163. The number of nitrogens with one attached hydrogen (secondary N) is 2. The Morgan fingerprint density at radius 3 is 1.89 bits per heavy atom. The van der Waals surface area contributed by atoms with Gasteiger partial charge in [0.25, 0.3) is 11.8 Å². The van der Waals surface area contributed by atoms with E-state index < -0.39 is 5.91 Å². The number of thioether (sulfide) groups is 1. The molecule has 44 heavy (non-hydrogen) atoms. The molecule has 2 N–H and O–H groups in total. The van der Waals surface area contributed by atoms with E-state index in [-0.39, 0.29) is 23.3 Å². The van der Waals surface area contributed by atoms with Crippen LogP contribution in [-0.2, 0) is 9.59 Å². The number of hydrogen-bond donors (Lipinski definition) is 2. The topological polar surface area (TPSA) is 78.5 Å². The molecular formula is C36H27N3O3S2. The highest BCUT2D eigenvalue weighted by molar-refractivity contribution is 8.00. The number of benzene rings is 5. The van der Waals surface area contributed by atoms with Gasteiger partial charge in [0.15, 0.2) is 0 Å². The van der Waals surface area contributed by atoms with E-state index in [9.17, 15) is 14.4 Å². The Bertz CT molecular complexity index is 1800. The molecular weight excluding hydrogens is 587 g/mol. The number of hydrogen-bond acceptors (Lipinski definition) is 5. The average molecular weight is 614 g/mol. The molecule has 5 aromatic rings. The summed E-state index contributed by atoms with van der Waals surface area (Å²) in [5.41, 5.74) is 3.69. The summed E-state index contributed by atoms with van der Waals surface area (Å²) in [7, 11) is 0. The van der Waals surface area contributed by atoms with Gasteiger partial charge in [0.2, 0.25) is 5.91 Å². The van der Waals surface area contributed by atoms with E-state index in [2.05, 4.69) is 10.6 Å². The Hall–Kier alpha value is -5.05. The van der Waals surface area contributed by atoms with Gasteiger partial charge < -0.3 is 10.6 Å². The summed E-state index contributed by atoms with van der Waals surface area (Å²) >= 11 is 3.10. The summed E-state index contributed by atoms with van der Waals surface area (Å²) in [6.07, 6.45) is 1.64. The molecule has 0 saturated heterocycles. The van der Waals surface area contributed by atoms with Gasteiger partial charge in [0.1, 0.15) is 5.70 Å². The van der Waals surface area contributed by atoms with E-state index in [1.165, 1.54) is 11.8 Å². The van der Waals surface area contributed by atoms with Crippen molar-refractivity contribution in [2.24, 2.45) is 0 Å². The molecule has 0 aromatic heterocycles. The highest BCUT2D eigenvalue weighted by atomic mass is 32.2. The Kier molecular flexibility index (Phi) is 8.91. The van der Waals surface area contributed by atoms with Crippen molar-refractivity contribution in [3.63, 3.8) is 0 Å². The monoisotopic (exact) mass is 613 g/mol. The summed E-state index contributed by atoms with van der Waals surface area (Å²) < 4.78 is 0. The maximum absolute atomic E-state index is 13.5. The molecule has 0 radical (unpaired) electrons. The Morgan fingerprint density at radius 2 is 1.25 bits per heavy atom. The number of amides is 3. The van der Waals surface area contributed by atoms with Gasteiger partial charge in [-0.3, -0.25) is 19.3 Å². The summed E-state index contributed by atoms with van der Waals surface area (Å²) in [6, 6.07) is 41.2. The fourth-order valence-corrected chi connectivity index (χ4v) is 6.48. The van der Waals surface area contributed by atoms with Crippen LogP contribution in [0.15, 0.2) is 154 Å². The van der Waals surface area contributed by atoms with Crippen molar-refractivity contribution >= 4 is 64.4 Å². The highest BCUT2D eigenvalue weighted by Gasteiger charge is 2.27. The van der Waals surface area contributed by atoms with Crippen molar-refractivity contribution < 1.29 is 14.4 Å². The number of nitrogens with zero attached hydrogens (tertiary/aromatic N) is 1. The SMILES string of the molecule is O=C(Nc1ccc(SCC(=O)N2c3ccccc3Sc3ccccc32)cc1)/C(=C/c1ccccc1)NC(=O)c1ccccc1. The normalized spacial score (nSPS) is 12.1. The quantitative estimate of drug-likeness (QED) is 0.137. The second kappa shape index (κ2) is 13.5. The van der Waals surface area contributed by atoms with E-state index in [0.29, 0.717) is 11.3 Å². The van der Waals surface area contributed by atoms with Crippen LogP contribution in [0.25, 0.3) is 6.08 Å². The molecule has 0 aliphatic carbocycles. The number of carbonyl (C=O) groups is 3. The van der Waals surface area contributed by atoms with Gasteiger partial charge >= 0.3 is 0 Å². The molecule has 1 aliphatic rings. The Labute approximate surface area is 264 Å². The fourth-order valence-electron chi connectivity index (χ4n) is 4.67. The first-order valence-corrected chi connectivity index (χ1v) is 15.7.